The molecule has 6 nitrogen and oxygen atoms in total. The molecular weight excluding hydrogens is 486 g/mol. The smallest absolute Gasteiger partial charge is 0.234 e. The first-order chi connectivity index (χ1) is 14.6. The molecule has 4 rings (SSSR count). The molecule has 9 heteroatoms. The van der Waals surface area contributed by atoms with E-state index in [2.05, 4.69) is 36.4 Å². The number of nitrogens with one attached hydrogen (secondary N) is 1. The Kier molecular flexibility index (Phi) is 6.47. The van der Waals surface area contributed by atoms with Gasteiger partial charge in [-0.1, -0.05) is 45.4 Å². The van der Waals surface area contributed by atoms with E-state index in [-0.39, 0.29) is 11.7 Å². The van der Waals surface area contributed by atoms with E-state index in [4.69, 9.17) is 11.6 Å². The third kappa shape index (κ3) is 4.89. The Morgan fingerprint density at radius 1 is 1.03 bits per heavy atom. The first-order valence-electron chi connectivity index (χ1n) is 8.91. The van der Waals surface area contributed by atoms with Crippen molar-refractivity contribution in [1.29, 1.82) is 0 Å². The Hall–Kier alpha value is -2.68. The number of rotatable bonds is 6. The summed E-state index contributed by atoms with van der Waals surface area (Å²) in [6, 6.07) is 20.4. The van der Waals surface area contributed by atoms with Crippen LogP contribution in [-0.2, 0) is 4.79 Å². The Balaban J connectivity index is 1.58. The Morgan fingerprint density at radius 2 is 1.80 bits per heavy atom. The van der Waals surface area contributed by atoms with Crippen LogP contribution in [0.4, 0.5) is 5.69 Å². The van der Waals surface area contributed by atoms with Crippen LogP contribution in [0.2, 0.25) is 5.02 Å². The quantitative estimate of drug-likeness (QED) is 0.355. The summed E-state index contributed by atoms with van der Waals surface area (Å²) in [6.45, 7) is 0. The molecule has 0 atom stereocenters. The fourth-order valence-corrected chi connectivity index (χ4v) is 3.85. The van der Waals surface area contributed by atoms with Crippen LogP contribution in [0.5, 0.6) is 0 Å². The van der Waals surface area contributed by atoms with Crippen LogP contribution in [0, 0.1) is 0 Å². The third-order valence-electron chi connectivity index (χ3n) is 4.07. The first-order valence-corrected chi connectivity index (χ1v) is 11.1. The Morgan fingerprint density at radius 3 is 2.50 bits per heavy atom. The number of benzene rings is 2. The molecule has 0 aliphatic heterocycles. The van der Waals surface area contributed by atoms with Gasteiger partial charge >= 0.3 is 0 Å². The van der Waals surface area contributed by atoms with E-state index >= 15 is 0 Å². The zero-order chi connectivity index (χ0) is 20.9. The van der Waals surface area contributed by atoms with Gasteiger partial charge in [-0.3, -0.25) is 14.3 Å². The summed E-state index contributed by atoms with van der Waals surface area (Å²) in [5.74, 6) is 0.644. The molecule has 4 aromatic rings. The van der Waals surface area contributed by atoms with Crippen molar-refractivity contribution in [2.24, 2.45) is 0 Å². The average molecular weight is 501 g/mol. The predicted octanol–water partition coefficient (Wildman–Crippen LogP) is 5.48. The fraction of sp³-hybridized carbons (Fsp3) is 0.0476. The van der Waals surface area contributed by atoms with Gasteiger partial charge in [0.2, 0.25) is 5.91 Å². The molecule has 1 N–H and O–H groups in total. The Bertz CT molecular complexity index is 1150. The summed E-state index contributed by atoms with van der Waals surface area (Å²) in [6.07, 6.45) is 1.70. The molecule has 2 aromatic carbocycles. The second-order valence-electron chi connectivity index (χ2n) is 6.18. The molecule has 0 saturated carbocycles. The molecule has 0 spiro atoms. The Labute approximate surface area is 190 Å². The predicted molar refractivity (Wildman–Crippen MR) is 123 cm³/mol. The highest BCUT2D eigenvalue weighted by molar-refractivity contribution is 9.10. The maximum Gasteiger partial charge on any atom is 0.234 e. The maximum atomic E-state index is 12.4. The fourth-order valence-electron chi connectivity index (χ4n) is 2.71. The summed E-state index contributed by atoms with van der Waals surface area (Å²) in [5.41, 5.74) is 2.25. The minimum Gasteiger partial charge on any atom is -0.325 e. The highest BCUT2D eigenvalue weighted by Gasteiger charge is 2.18. The van der Waals surface area contributed by atoms with Crippen molar-refractivity contribution < 1.29 is 4.79 Å². The molecule has 0 saturated heterocycles. The average Bonchev–Trinajstić information content (AvgIpc) is 3.19. The van der Waals surface area contributed by atoms with Crippen LogP contribution in [0.15, 0.2) is 82.6 Å². The number of anilines is 1. The van der Waals surface area contributed by atoms with Crippen LogP contribution in [0.1, 0.15) is 0 Å². The molecule has 2 aromatic heterocycles. The van der Waals surface area contributed by atoms with Gasteiger partial charge in [-0.25, -0.2) is 0 Å². The van der Waals surface area contributed by atoms with Gasteiger partial charge in [-0.05, 0) is 60.7 Å². The number of carbonyl (C=O) groups excluding carboxylic acids is 1. The van der Waals surface area contributed by atoms with Gasteiger partial charge in [-0.2, -0.15) is 0 Å². The molecule has 0 aliphatic rings. The summed E-state index contributed by atoms with van der Waals surface area (Å²) >= 11 is 10.7. The second kappa shape index (κ2) is 9.42. The lowest BCUT2D eigenvalue weighted by atomic mass is 10.3. The number of aromatic nitrogens is 4. The summed E-state index contributed by atoms with van der Waals surface area (Å²) < 4.78 is 2.82. The van der Waals surface area contributed by atoms with Gasteiger partial charge in [0, 0.05) is 27.1 Å². The van der Waals surface area contributed by atoms with Gasteiger partial charge in [0.25, 0.3) is 0 Å². The second-order valence-corrected chi connectivity index (χ2v) is 8.47. The van der Waals surface area contributed by atoms with E-state index in [1.165, 1.54) is 11.8 Å². The largest absolute Gasteiger partial charge is 0.325 e. The number of halogens is 2. The third-order valence-corrected chi connectivity index (χ3v) is 5.78. The van der Waals surface area contributed by atoms with Crippen molar-refractivity contribution in [3.63, 3.8) is 0 Å². The van der Waals surface area contributed by atoms with Gasteiger partial charge in [0.1, 0.15) is 5.69 Å². The summed E-state index contributed by atoms with van der Waals surface area (Å²) in [7, 11) is 0. The van der Waals surface area contributed by atoms with Crippen LogP contribution in [-0.4, -0.2) is 31.4 Å². The minimum absolute atomic E-state index is 0.132. The first kappa shape index (κ1) is 20.6. The van der Waals surface area contributed by atoms with Crippen LogP contribution >= 0.6 is 39.3 Å². The lowest BCUT2D eigenvalue weighted by Gasteiger charge is -2.10. The van der Waals surface area contributed by atoms with Gasteiger partial charge in [-0.15, -0.1) is 10.2 Å². The standard InChI is InChI=1S/C21H15BrClN5OS/c22-14-4-8-16(9-5-14)25-19(29)13-30-21-27-26-20(18-3-1-2-12-24-18)28(21)17-10-6-15(23)7-11-17/h1-12H,13H2,(H,25,29). The van der Waals surface area contributed by atoms with Crippen molar-refractivity contribution in [3.8, 4) is 17.2 Å². The molecule has 150 valence electrons. The number of amides is 1. The molecule has 0 aliphatic carbocycles. The van der Waals surface area contributed by atoms with E-state index in [1.807, 2.05) is 59.2 Å². The van der Waals surface area contributed by atoms with E-state index < -0.39 is 0 Å². The SMILES string of the molecule is O=C(CSc1nnc(-c2ccccn2)n1-c1ccc(Cl)cc1)Nc1ccc(Br)cc1. The number of thioether (sulfide) groups is 1. The van der Waals surface area contributed by atoms with Crippen molar-refractivity contribution >= 4 is 50.9 Å². The molecule has 0 fully saturated rings. The molecule has 30 heavy (non-hydrogen) atoms. The summed E-state index contributed by atoms with van der Waals surface area (Å²) in [5, 5.41) is 12.7. The zero-order valence-electron chi connectivity index (χ0n) is 15.5. The van der Waals surface area contributed by atoms with Gasteiger partial charge in [0.15, 0.2) is 11.0 Å². The topological polar surface area (TPSA) is 72.7 Å². The van der Waals surface area contributed by atoms with Crippen LogP contribution in [0.3, 0.4) is 0 Å². The lowest BCUT2D eigenvalue weighted by molar-refractivity contribution is -0.113. The van der Waals surface area contributed by atoms with Crippen molar-refractivity contribution in [2.45, 2.75) is 5.16 Å². The number of hydrogen-bond donors (Lipinski definition) is 1. The molecule has 1 amide bonds. The maximum absolute atomic E-state index is 12.4. The minimum atomic E-state index is -0.132. The van der Waals surface area contributed by atoms with E-state index in [0.29, 0.717) is 21.7 Å². The number of pyridine rings is 1. The van der Waals surface area contributed by atoms with Crippen LogP contribution < -0.4 is 5.32 Å². The number of nitrogens with zero attached hydrogens (tertiary/aromatic N) is 4. The molecular formula is C21H15BrClN5OS. The lowest BCUT2D eigenvalue weighted by Crippen LogP contribution is -2.14. The van der Waals surface area contributed by atoms with Gasteiger partial charge in [0.05, 0.1) is 5.75 Å². The van der Waals surface area contributed by atoms with E-state index in [1.54, 1.807) is 18.3 Å². The van der Waals surface area contributed by atoms with E-state index in [9.17, 15) is 4.79 Å². The molecule has 2 heterocycles. The normalized spacial score (nSPS) is 10.7. The van der Waals surface area contributed by atoms with Crippen molar-refractivity contribution in [2.75, 3.05) is 11.1 Å². The zero-order valence-corrected chi connectivity index (χ0v) is 18.7. The van der Waals surface area contributed by atoms with Crippen molar-refractivity contribution in [3.05, 3.63) is 82.4 Å². The molecule has 0 radical (unpaired) electrons. The van der Waals surface area contributed by atoms with Crippen molar-refractivity contribution in [1.82, 2.24) is 19.7 Å². The molecule has 0 unspecified atom stereocenters. The summed E-state index contributed by atoms with van der Waals surface area (Å²) in [4.78, 5) is 16.8. The highest BCUT2D eigenvalue weighted by atomic mass is 79.9. The monoisotopic (exact) mass is 499 g/mol. The van der Waals surface area contributed by atoms with Crippen LogP contribution in [0.25, 0.3) is 17.2 Å². The van der Waals surface area contributed by atoms with E-state index in [0.717, 1.165) is 15.8 Å². The highest BCUT2D eigenvalue weighted by Crippen LogP contribution is 2.28. The van der Waals surface area contributed by atoms with Gasteiger partial charge < -0.3 is 5.32 Å². The number of hydrogen-bond acceptors (Lipinski definition) is 5. The number of carbonyl (C=O) groups is 1. The molecule has 0 bridgehead atoms.